The first-order valence-corrected chi connectivity index (χ1v) is 8.27. The van der Waals surface area contributed by atoms with Crippen LogP contribution in [0.4, 0.5) is 0 Å². The predicted octanol–water partition coefficient (Wildman–Crippen LogP) is 3.86. The van der Waals surface area contributed by atoms with Crippen molar-refractivity contribution >= 4 is 0 Å². The van der Waals surface area contributed by atoms with Crippen molar-refractivity contribution in [2.24, 2.45) is 29.5 Å². The minimum Gasteiger partial charge on any atom is -0.271 e. The van der Waals surface area contributed by atoms with Crippen LogP contribution in [0.1, 0.15) is 71.6 Å². The molecule has 0 aromatic carbocycles. The maximum Gasteiger partial charge on any atom is 0.0246 e. The van der Waals surface area contributed by atoms with Gasteiger partial charge < -0.3 is 0 Å². The van der Waals surface area contributed by atoms with Crippen molar-refractivity contribution in [1.82, 2.24) is 5.43 Å². The van der Waals surface area contributed by atoms with Crippen molar-refractivity contribution in [3.05, 3.63) is 0 Å². The van der Waals surface area contributed by atoms with Crippen LogP contribution in [0.2, 0.25) is 0 Å². The molecule has 2 aliphatic rings. The van der Waals surface area contributed by atoms with Gasteiger partial charge in [0.15, 0.2) is 0 Å². The van der Waals surface area contributed by atoms with E-state index in [0.29, 0.717) is 6.04 Å². The van der Waals surface area contributed by atoms with Gasteiger partial charge in [0.1, 0.15) is 0 Å². The average Bonchev–Trinajstić information content (AvgIpc) is 3.14. The van der Waals surface area contributed by atoms with Gasteiger partial charge in [-0.1, -0.05) is 52.4 Å². The van der Waals surface area contributed by atoms with E-state index >= 15 is 0 Å². The van der Waals surface area contributed by atoms with E-state index in [2.05, 4.69) is 19.3 Å². The van der Waals surface area contributed by atoms with Gasteiger partial charge in [0.25, 0.3) is 0 Å². The van der Waals surface area contributed by atoms with Crippen molar-refractivity contribution in [3.63, 3.8) is 0 Å². The summed E-state index contributed by atoms with van der Waals surface area (Å²) in [5.41, 5.74) is 3.16. The van der Waals surface area contributed by atoms with Gasteiger partial charge in [0.05, 0.1) is 0 Å². The van der Waals surface area contributed by atoms with Crippen LogP contribution in [0.5, 0.6) is 0 Å². The highest BCUT2D eigenvalue weighted by Crippen LogP contribution is 2.57. The van der Waals surface area contributed by atoms with Crippen molar-refractivity contribution in [2.75, 3.05) is 0 Å². The fourth-order valence-corrected chi connectivity index (χ4v) is 4.32. The maximum absolute atomic E-state index is 5.85. The van der Waals surface area contributed by atoms with E-state index in [1.165, 1.54) is 57.8 Å². The van der Waals surface area contributed by atoms with Gasteiger partial charge in [-0.15, -0.1) is 0 Å². The summed E-state index contributed by atoms with van der Waals surface area (Å²) in [6.07, 6.45) is 12.6. The average molecular weight is 252 g/mol. The van der Waals surface area contributed by atoms with Crippen LogP contribution in [-0.4, -0.2) is 6.04 Å². The van der Waals surface area contributed by atoms with Crippen LogP contribution < -0.4 is 11.3 Å². The molecule has 2 heteroatoms. The number of hydrazine groups is 1. The molecule has 2 rings (SSSR count). The molecular weight excluding hydrogens is 220 g/mol. The number of unbranched alkanes of at least 4 members (excludes halogenated alkanes) is 1. The molecule has 2 saturated carbocycles. The topological polar surface area (TPSA) is 38.0 Å². The van der Waals surface area contributed by atoms with Crippen LogP contribution in [0.15, 0.2) is 0 Å². The van der Waals surface area contributed by atoms with Crippen molar-refractivity contribution in [2.45, 2.75) is 77.7 Å². The third-order valence-electron chi connectivity index (χ3n) is 5.53. The Morgan fingerprint density at radius 3 is 2.33 bits per heavy atom. The molecule has 106 valence electrons. The molecule has 2 fully saturated rings. The summed E-state index contributed by atoms with van der Waals surface area (Å²) in [5.74, 6) is 9.68. The molecule has 18 heavy (non-hydrogen) atoms. The lowest BCUT2D eigenvalue weighted by atomic mass is 9.89. The standard InChI is InChI=1S/C16H32N2/c1-3-5-8-12(4-2)11-15(18-17)16-13-9-6-7-10-14(13)16/h12-16,18H,3-11,17H2,1-2H3. The molecule has 0 aliphatic heterocycles. The van der Waals surface area contributed by atoms with E-state index in [1.54, 1.807) is 0 Å². The lowest BCUT2D eigenvalue weighted by molar-refractivity contribution is 0.317. The summed E-state index contributed by atoms with van der Waals surface area (Å²) < 4.78 is 0. The fraction of sp³-hybridized carbons (Fsp3) is 1.00. The van der Waals surface area contributed by atoms with Gasteiger partial charge in [-0.25, -0.2) is 0 Å². The van der Waals surface area contributed by atoms with Gasteiger partial charge in [0.2, 0.25) is 0 Å². The van der Waals surface area contributed by atoms with Crippen LogP contribution in [0, 0.1) is 23.7 Å². The zero-order chi connectivity index (χ0) is 13.0. The summed E-state index contributed by atoms with van der Waals surface area (Å²) in [4.78, 5) is 0. The Bertz CT molecular complexity index is 229. The molecular formula is C16H32N2. The SMILES string of the molecule is CCCCC(CC)CC(NN)C1C2CCCCC21. The highest BCUT2D eigenvalue weighted by Gasteiger charge is 2.53. The molecule has 0 heterocycles. The monoisotopic (exact) mass is 252 g/mol. The molecule has 3 N–H and O–H groups in total. The van der Waals surface area contributed by atoms with Gasteiger partial charge in [-0.05, 0) is 42.9 Å². The van der Waals surface area contributed by atoms with E-state index in [0.717, 1.165) is 23.7 Å². The van der Waals surface area contributed by atoms with Crippen LogP contribution in [-0.2, 0) is 0 Å². The zero-order valence-electron chi connectivity index (χ0n) is 12.3. The molecule has 0 amide bonds. The number of nitrogens with two attached hydrogens (primary N) is 1. The van der Waals surface area contributed by atoms with Crippen molar-refractivity contribution in [3.8, 4) is 0 Å². The van der Waals surface area contributed by atoms with E-state index < -0.39 is 0 Å². The third kappa shape index (κ3) is 3.27. The molecule has 2 aliphatic carbocycles. The number of hydrogen-bond donors (Lipinski definition) is 2. The Kier molecular flexibility index (Phi) is 5.50. The highest BCUT2D eigenvalue weighted by molar-refractivity contribution is 5.04. The smallest absolute Gasteiger partial charge is 0.0246 e. The molecule has 0 saturated heterocycles. The molecule has 4 atom stereocenters. The first-order chi connectivity index (χ1) is 8.81. The van der Waals surface area contributed by atoms with Crippen LogP contribution in [0.3, 0.4) is 0 Å². The summed E-state index contributed by atoms with van der Waals surface area (Å²) in [5, 5.41) is 0. The van der Waals surface area contributed by atoms with Crippen LogP contribution >= 0.6 is 0 Å². The number of rotatable bonds is 8. The Balaban J connectivity index is 1.81. The summed E-state index contributed by atoms with van der Waals surface area (Å²) in [6, 6.07) is 0.597. The largest absolute Gasteiger partial charge is 0.271 e. The summed E-state index contributed by atoms with van der Waals surface area (Å²) in [7, 11) is 0. The van der Waals surface area contributed by atoms with Crippen molar-refractivity contribution < 1.29 is 0 Å². The number of fused-ring (bicyclic) bond motifs is 1. The third-order valence-corrected chi connectivity index (χ3v) is 5.53. The number of hydrogen-bond acceptors (Lipinski definition) is 2. The van der Waals surface area contributed by atoms with E-state index in [4.69, 9.17) is 5.84 Å². The predicted molar refractivity (Wildman–Crippen MR) is 78.0 cm³/mol. The van der Waals surface area contributed by atoms with E-state index in [-0.39, 0.29) is 0 Å². The second-order valence-corrected chi connectivity index (χ2v) is 6.61. The Morgan fingerprint density at radius 2 is 1.83 bits per heavy atom. The molecule has 2 nitrogen and oxygen atoms in total. The normalized spacial score (nSPS) is 33.8. The molecule has 4 unspecified atom stereocenters. The molecule has 0 radical (unpaired) electrons. The van der Waals surface area contributed by atoms with Gasteiger partial charge in [-0.2, -0.15) is 0 Å². The van der Waals surface area contributed by atoms with Gasteiger partial charge >= 0.3 is 0 Å². The lowest BCUT2D eigenvalue weighted by Gasteiger charge is -2.22. The Hall–Kier alpha value is -0.0800. The van der Waals surface area contributed by atoms with E-state index in [1.807, 2.05) is 0 Å². The zero-order valence-corrected chi connectivity index (χ0v) is 12.3. The van der Waals surface area contributed by atoms with Crippen molar-refractivity contribution in [1.29, 1.82) is 0 Å². The Morgan fingerprint density at radius 1 is 1.17 bits per heavy atom. The second kappa shape index (κ2) is 6.91. The summed E-state index contributed by atoms with van der Waals surface area (Å²) >= 11 is 0. The molecule has 0 spiro atoms. The van der Waals surface area contributed by atoms with Gasteiger partial charge in [-0.3, -0.25) is 11.3 Å². The van der Waals surface area contributed by atoms with Gasteiger partial charge in [0, 0.05) is 6.04 Å². The lowest BCUT2D eigenvalue weighted by Crippen LogP contribution is -2.39. The first kappa shape index (κ1) is 14.3. The fourth-order valence-electron chi connectivity index (χ4n) is 4.32. The second-order valence-electron chi connectivity index (χ2n) is 6.61. The first-order valence-electron chi connectivity index (χ1n) is 8.27. The highest BCUT2D eigenvalue weighted by atomic mass is 15.2. The van der Waals surface area contributed by atoms with E-state index in [9.17, 15) is 0 Å². The minimum atomic E-state index is 0.597. The molecule has 0 aromatic rings. The quantitative estimate of drug-likeness (QED) is 0.508. The Labute approximate surface area is 113 Å². The minimum absolute atomic E-state index is 0.597. The summed E-state index contributed by atoms with van der Waals surface area (Å²) in [6.45, 7) is 4.63. The maximum atomic E-state index is 5.85. The molecule has 0 bridgehead atoms. The number of nitrogens with one attached hydrogen (secondary N) is 1. The van der Waals surface area contributed by atoms with Crippen LogP contribution in [0.25, 0.3) is 0 Å². The molecule has 0 aromatic heterocycles.